The number of nitrogens with zero attached hydrogens (tertiary/aromatic N) is 1. The molecule has 1 aliphatic heterocycles. The monoisotopic (exact) mass is 177 g/mol. The van der Waals surface area contributed by atoms with E-state index in [1.165, 1.54) is 19.5 Å². The van der Waals surface area contributed by atoms with Gasteiger partial charge in [0.1, 0.15) is 0 Å². The zero-order valence-corrected chi connectivity index (χ0v) is 7.52. The van der Waals surface area contributed by atoms with Gasteiger partial charge in [-0.3, -0.25) is 0 Å². The van der Waals surface area contributed by atoms with Crippen LogP contribution in [-0.2, 0) is 0 Å². The molecule has 3 heteroatoms. The number of aliphatic hydroxyl groups is 1. The van der Waals surface area contributed by atoms with E-state index in [1.807, 2.05) is 0 Å². The Kier molecular flexibility index (Phi) is 3.16. The number of hydrogen-bond donors (Lipinski definition) is 1. The van der Waals surface area contributed by atoms with Crippen molar-refractivity contribution in [3.05, 3.63) is 0 Å². The molecule has 1 N–H and O–H groups in total. The summed E-state index contributed by atoms with van der Waals surface area (Å²) in [7, 11) is 0. The second-order valence-corrected chi connectivity index (χ2v) is 3.59. The molecule has 0 aromatic rings. The minimum Gasteiger partial charge on any atom is -0.396 e. The van der Waals surface area contributed by atoms with Gasteiger partial charge in [0, 0.05) is 26.2 Å². The van der Waals surface area contributed by atoms with Gasteiger partial charge in [-0.15, -0.1) is 12.4 Å². The zero-order chi connectivity index (χ0) is 6.97. The number of hydrogen-bond acceptors (Lipinski definition) is 2. The van der Waals surface area contributed by atoms with Crippen molar-refractivity contribution in [1.82, 2.24) is 4.90 Å². The van der Waals surface area contributed by atoms with Gasteiger partial charge in [-0.05, 0) is 24.7 Å². The molecule has 1 saturated heterocycles. The normalized spacial score (nSPS) is 34.6. The lowest BCUT2D eigenvalue weighted by molar-refractivity contribution is 0.237. The Morgan fingerprint density at radius 2 is 1.91 bits per heavy atom. The van der Waals surface area contributed by atoms with Crippen molar-refractivity contribution in [2.24, 2.45) is 11.8 Å². The molecule has 66 valence electrons. The Bertz CT molecular complexity index is 121. The molecule has 2 fully saturated rings. The first-order chi connectivity index (χ1) is 4.90. The van der Waals surface area contributed by atoms with E-state index in [0.717, 1.165) is 24.8 Å². The number of fused-ring (bicyclic) bond motifs is 1. The highest BCUT2D eigenvalue weighted by atomic mass is 35.5. The second-order valence-electron chi connectivity index (χ2n) is 3.59. The maximum atomic E-state index is 8.58. The first-order valence-electron chi connectivity index (χ1n) is 4.23. The van der Waals surface area contributed by atoms with Crippen LogP contribution < -0.4 is 0 Å². The van der Waals surface area contributed by atoms with Crippen molar-refractivity contribution in [3.63, 3.8) is 0 Å². The van der Waals surface area contributed by atoms with Crippen LogP contribution in [0.15, 0.2) is 0 Å². The Hall–Kier alpha value is 0.210. The highest BCUT2D eigenvalue weighted by Crippen LogP contribution is 2.44. The summed E-state index contributed by atoms with van der Waals surface area (Å²) in [6.45, 7) is 4.09. The lowest BCUT2D eigenvalue weighted by Gasteiger charge is -2.15. The summed E-state index contributed by atoms with van der Waals surface area (Å²) in [5.74, 6) is 2.08. The van der Waals surface area contributed by atoms with Crippen LogP contribution in [0.3, 0.4) is 0 Å². The maximum Gasteiger partial charge on any atom is 0.0443 e. The van der Waals surface area contributed by atoms with Crippen LogP contribution in [0.1, 0.15) is 12.8 Å². The van der Waals surface area contributed by atoms with Gasteiger partial charge < -0.3 is 10.0 Å². The van der Waals surface area contributed by atoms with Gasteiger partial charge in [-0.1, -0.05) is 0 Å². The summed E-state index contributed by atoms with van der Waals surface area (Å²) in [5.41, 5.74) is 0. The number of piperidine rings is 1. The van der Waals surface area contributed by atoms with Crippen molar-refractivity contribution < 1.29 is 5.11 Å². The van der Waals surface area contributed by atoms with Crippen LogP contribution in [0.5, 0.6) is 0 Å². The van der Waals surface area contributed by atoms with Gasteiger partial charge in [-0.2, -0.15) is 0 Å². The highest BCUT2D eigenvalue weighted by Gasteiger charge is 2.44. The molecular weight excluding hydrogens is 162 g/mol. The van der Waals surface area contributed by atoms with Crippen LogP contribution in [0.25, 0.3) is 0 Å². The molecule has 2 rings (SSSR count). The van der Waals surface area contributed by atoms with Crippen molar-refractivity contribution in [2.75, 3.05) is 26.2 Å². The van der Waals surface area contributed by atoms with E-state index in [1.54, 1.807) is 0 Å². The third-order valence-corrected chi connectivity index (χ3v) is 2.69. The fourth-order valence-corrected chi connectivity index (χ4v) is 1.97. The minimum atomic E-state index is 0. The number of aliphatic hydroxyl groups excluding tert-OH is 1. The molecule has 2 atom stereocenters. The smallest absolute Gasteiger partial charge is 0.0443 e. The van der Waals surface area contributed by atoms with Gasteiger partial charge in [0.25, 0.3) is 0 Å². The molecule has 0 radical (unpaired) electrons. The molecular formula is C8H16ClNO. The number of likely N-dealkylation sites (tertiary alicyclic amines) is 1. The molecule has 0 aromatic heterocycles. The van der Waals surface area contributed by atoms with E-state index >= 15 is 0 Å². The predicted molar refractivity (Wildman–Crippen MR) is 47.0 cm³/mol. The van der Waals surface area contributed by atoms with E-state index in [0.29, 0.717) is 6.61 Å². The van der Waals surface area contributed by atoms with Gasteiger partial charge in [0.05, 0.1) is 0 Å². The molecule has 11 heavy (non-hydrogen) atoms. The summed E-state index contributed by atoms with van der Waals surface area (Å²) in [4.78, 5) is 2.48. The lowest BCUT2D eigenvalue weighted by atomic mass is 10.4. The first kappa shape index (κ1) is 9.30. The van der Waals surface area contributed by atoms with Crippen LogP contribution in [0, 0.1) is 11.8 Å². The topological polar surface area (TPSA) is 23.5 Å². The third-order valence-electron chi connectivity index (χ3n) is 2.69. The molecule has 2 nitrogen and oxygen atoms in total. The van der Waals surface area contributed by atoms with Crippen molar-refractivity contribution in [2.45, 2.75) is 12.8 Å². The van der Waals surface area contributed by atoms with E-state index in [2.05, 4.69) is 4.90 Å². The van der Waals surface area contributed by atoms with Crippen molar-refractivity contribution in [1.29, 1.82) is 0 Å². The van der Waals surface area contributed by atoms with Crippen LogP contribution in [0.4, 0.5) is 0 Å². The molecule has 0 spiro atoms. The summed E-state index contributed by atoms with van der Waals surface area (Å²) in [5, 5.41) is 8.58. The standard InChI is InChI=1S/C8H15NO.ClH/c10-3-1-2-9-5-7-4-8(7)6-9;/h7-8,10H,1-6H2;1H. The Morgan fingerprint density at radius 1 is 1.27 bits per heavy atom. The van der Waals surface area contributed by atoms with Gasteiger partial charge in [0.2, 0.25) is 0 Å². The average molecular weight is 178 g/mol. The molecule has 1 aliphatic carbocycles. The Balaban J connectivity index is 0.000000605. The van der Waals surface area contributed by atoms with Gasteiger partial charge in [0.15, 0.2) is 0 Å². The second kappa shape index (κ2) is 3.74. The zero-order valence-electron chi connectivity index (χ0n) is 6.70. The number of rotatable bonds is 3. The van der Waals surface area contributed by atoms with E-state index in [4.69, 9.17) is 5.11 Å². The SMILES string of the molecule is Cl.OCCCN1CC2CC2C1. The quantitative estimate of drug-likeness (QED) is 0.688. The van der Waals surface area contributed by atoms with E-state index < -0.39 is 0 Å². The summed E-state index contributed by atoms with van der Waals surface area (Å²) < 4.78 is 0. The summed E-state index contributed by atoms with van der Waals surface area (Å²) in [6, 6.07) is 0. The van der Waals surface area contributed by atoms with Crippen molar-refractivity contribution in [3.8, 4) is 0 Å². The molecule has 1 heterocycles. The average Bonchev–Trinajstić information content (AvgIpc) is 2.56. The fourth-order valence-electron chi connectivity index (χ4n) is 1.97. The maximum absolute atomic E-state index is 8.58. The summed E-state index contributed by atoms with van der Waals surface area (Å²) in [6.07, 6.45) is 2.44. The highest BCUT2D eigenvalue weighted by molar-refractivity contribution is 5.85. The molecule has 1 saturated carbocycles. The Morgan fingerprint density at radius 3 is 2.45 bits per heavy atom. The fraction of sp³-hybridized carbons (Fsp3) is 1.00. The molecule has 0 amide bonds. The van der Waals surface area contributed by atoms with Crippen LogP contribution >= 0.6 is 12.4 Å². The molecule has 2 aliphatic rings. The van der Waals surface area contributed by atoms with Crippen LogP contribution in [-0.4, -0.2) is 36.2 Å². The van der Waals surface area contributed by atoms with E-state index in [9.17, 15) is 0 Å². The lowest BCUT2D eigenvalue weighted by Crippen LogP contribution is -2.24. The van der Waals surface area contributed by atoms with E-state index in [-0.39, 0.29) is 12.4 Å². The predicted octanol–water partition coefficient (Wildman–Crippen LogP) is 0.742. The van der Waals surface area contributed by atoms with Gasteiger partial charge in [-0.25, -0.2) is 0 Å². The summed E-state index contributed by atoms with van der Waals surface area (Å²) >= 11 is 0. The largest absolute Gasteiger partial charge is 0.396 e. The minimum absolute atomic E-state index is 0. The van der Waals surface area contributed by atoms with Crippen molar-refractivity contribution >= 4 is 12.4 Å². The number of halogens is 1. The molecule has 0 aromatic carbocycles. The molecule has 2 unspecified atom stereocenters. The van der Waals surface area contributed by atoms with Gasteiger partial charge >= 0.3 is 0 Å². The van der Waals surface area contributed by atoms with Crippen LogP contribution in [0.2, 0.25) is 0 Å². The molecule has 0 bridgehead atoms. The Labute approximate surface area is 74.0 Å². The third kappa shape index (κ3) is 2.08. The first-order valence-corrected chi connectivity index (χ1v) is 4.23.